The molecule has 0 atom stereocenters. The van der Waals surface area contributed by atoms with Gasteiger partial charge in [-0.05, 0) is 11.0 Å². The fourth-order valence-electron chi connectivity index (χ4n) is 1.85. The third-order valence-electron chi connectivity index (χ3n) is 3.17. The number of hydrogen-bond donors (Lipinski definition) is 0. The molecule has 1 aromatic rings. The highest BCUT2D eigenvalue weighted by atomic mass is 16.5. The van der Waals surface area contributed by atoms with Gasteiger partial charge in [-0.25, -0.2) is 0 Å². The van der Waals surface area contributed by atoms with Crippen LogP contribution in [0, 0.1) is 5.92 Å². The quantitative estimate of drug-likeness (QED) is 0.483. The smallest absolute Gasteiger partial charge is 0.328 e. The molecule has 0 unspecified atom stereocenters. The van der Waals surface area contributed by atoms with Crippen LogP contribution in [-0.4, -0.2) is 31.9 Å². The molecule has 21 heavy (non-hydrogen) atoms. The van der Waals surface area contributed by atoms with E-state index in [4.69, 9.17) is 0 Å². The first-order valence-corrected chi connectivity index (χ1v) is 6.52. The Labute approximate surface area is 124 Å². The molecule has 0 saturated heterocycles. The first kappa shape index (κ1) is 16.9. The van der Waals surface area contributed by atoms with Crippen LogP contribution < -0.4 is 0 Å². The summed E-state index contributed by atoms with van der Waals surface area (Å²) in [6.07, 6.45) is 0. The van der Waals surface area contributed by atoms with Gasteiger partial charge in [0, 0.05) is 5.56 Å². The third kappa shape index (κ3) is 3.90. The first-order chi connectivity index (χ1) is 9.72. The lowest BCUT2D eigenvalue weighted by Crippen LogP contribution is -2.33. The summed E-state index contributed by atoms with van der Waals surface area (Å²) in [6, 6.07) is 6.81. The molecular weight excluding hydrogens is 272 g/mol. The molecule has 5 nitrogen and oxygen atoms in total. The average molecular weight is 292 g/mol. The molecule has 0 radical (unpaired) electrons. The maximum atomic E-state index is 12.3. The highest BCUT2D eigenvalue weighted by Crippen LogP contribution is 2.23. The van der Waals surface area contributed by atoms with Crippen LogP contribution in [0.2, 0.25) is 0 Å². The Morgan fingerprint density at radius 3 is 1.67 bits per heavy atom. The summed E-state index contributed by atoms with van der Waals surface area (Å²) in [5.74, 6) is -4.06. The SMILES string of the molecule is COC(=O)C(C(=O)OC)C(=O)c1ccc(C(C)(C)C)cc1. The van der Waals surface area contributed by atoms with Gasteiger partial charge in [-0.3, -0.25) is 14.4 Å². The van der Waals surface area contributed by atoms with Gasteiger partial charge in [0.1, 0.15) is 0 Å². The molecule has 0 amide bonds. The van der Waals surface area contributed by atoms with Crippen LogP contribution in [0.4, 0.5) is 0 Å². The second kappa shape index (κ2) is 6.52. The number of methoxy groups -OCH3 is 2. The summed E-state index contributed by atoms with van der Waals surface area (Å²) < 4.78 is 8.99. The molecule has 0 heterocycles. The maximum absolute atomic E-state index is 12.3. The second-order valence-corrected chi connectivity index (χ2v) is 5.67. The van der Waals surface area contributed by atoms with Crippen LogP contribution in [-0.2, 0) is 24.5 Å². The van der Waals surface area contributed by atoms with Crippen molar-refractivity contribution < 1.29 is 23.9 Å². The molecule has 0 N–H and O–H groups in total. The van der Waals surface area contributed by atoms with Crippen LogP contribution >= 0.6 is 0 Å². The van der Waals surface area contributed by atoms with Crippen LogP contribution in [0.3, 0.4) is 0 Å². The van der Waals surface area contributed by atoms with Crippen LogP contribution in [0.15, 0.2) is 24.3 Å². The number of ketones is 1. The predicted octanol–water partition coefficient (Wildman–Crippen LogP) is 2.13. The third-order valence-corrected chi connectivity index (χ3v) is 3.17. The lowest BCUT2D eigenvalue weighted by molar-refractivity contribution is -0.155. The van der Waals surface area contributed by atoms with Crippen LogP contribution in [0.25, 0.3) is 0 Å². The highest BCUT2D eigenvalue weighted by Gasteiger charge is 2.36. The van der Waals surface area contributed by atoms with Gasteiger partial charge in [0.2, 0.25) is 5.92 Å². The number of carbonyl (C=O) groups is 3. The fourth-order valence-corrected chi connectivity index (χ4v) is 1.85. The van der Waals surface area contributed by atoms with Crippen molar-refractivity contribution in [1.82, 2.24) is 0 Å². The zero-order valence-corrected chi connectivity index (χ0v) is 12.9. The Balaban J connectivity index is 3.10. The molecule has 5 heteroatoms. The second-order valence-electron chi connectivity index (χ2n) is 5.67. The van der Waals surface area contributed by atoms with E-state index in [2.05, 4.69) is 30.2 Å². The largest absolute Gasteiger partial charge is 0.468 e. The maximum Gasteiger partial charge on any atom is 0.328 e. The van der Waals surface area contributed by atoms with E-state index in [-0.39, 0.29) is 11.0 Å². The standard InChI is InChI=1S/C16H20O5/c1-16(2,3)11-8-6-10(7-9-11)13(17)12(14(18)20-4)15(19)21-5/h6-9,12H,1-5H3. The number of carbonyl (C=O) groups excluding carboxylic acids is 3. The molecule has 0 aliphatic rings. The summed E-state index contributed by atoms with van der Waals surface area (Å²) in [7, 11) is 2.24. The van der Waals surface area contributed by atoms with Gasteiger partial charge >= 0.3 is 11.9 Å². The van der Waals surface area contributed by atoms with Gasteiger partial charge in [0.05, 0.1) is 14.2 Å². The van der Waals surface area contributed by atoms with E-state index >= 15 is 0 Å². The highest BCUT2D eigenvalue weighted by molar-refractivity contribution is 6.20. The summed E-state index contributed by atoms with van der Waals surface area (Å²) >= 11 is 0. The van der Waals surface area contributed by atoms with Crippen LogP contribution in [0.5, 0.6) is 0 Å². The summed E-state index contributed by atoms with van der Waals surface area (Å²) in [5, 5.41) is 0. The number of benzene rings is 1. The number of ether oxygens (including phenoxy) is 2. The predicted molar refractivity (Wildman–Crippen MR) is 77.0 cm³/mol. The van der Waals surface area contributed by atoms with Crippen molar-refractivity contribution in [3.63, 3.8) is 0 Å². The van der Waals surface area contributed by atoms with Crippen molar-refractivity contribution in [2.75, 3.05) is 14.2 Å². The summed E-state index contributed by atoms with van der Waals surface area (Å²) in [6.45, 7) is 6.15. The van der Waals surface area contributed by atoms with Crippen molar-refractivity contribution in [3.8, 4) is 0 Å². The number of Topliss-reactive ketones (excluding diaryl/α,β-unsaturated/α-hetero) is 1. The van der Waals surface area contributed by atoms with Gasteiger partial charge in [-0.2, -0.15) is 0 Å². The topological polar surface area (TPSA) is 69.7 Å². The molecule has 0 bridgehead atoms. The molecule has 0 spiro atoms. The molecule has 1 rings (SSSR count). The molecule has 0 aliphatic carbocycles. The van der Waals surface area contributed by atoms with E-state index in [0.717, 1.165) is 19.8 Å². The van der Waals surface area contributed by atoms with Gasteiger partial charge in [-0.1, -0.05) is 45.0 Å². The van der Waals surface area contributed by atoms with Crippen LogP contribution in [0.1, 0.15) is 36.7 Å². The van der Waals surface area contributed by atoms with E-state index in [1.54, 1.807) is 24.3 Å². The van der Waals surface area contributed by atoms with E-state index in [1.807, 2.05) is 0 Å². The Morgan fingerprint density at radius 2 is 1.33 bits per heavy atom. The van der Waals surface area contributed by atoms with E-state index in [1.165, 1.54) is 0 Å². The minimum Gasteiger partial charge on any atom is -0.468 e. The average Bonchev–Trinajstić information content (AvgIpc) is 2.46. The number of rotatable bonds is 4. The monoisotopic (exact) mass is 292 g/mol. The molecule has 0 aromatic heterocycles. The molecule has 114 valence electrons. The van der Waals surface area contributed by atoms with Crippen molar-refractivity contribution in [2.45, 2.75) is 26.2 Å². The minimum atomic E-state index is -1.58. The van der Waals surface area contributed by atoms with E-state index in [9.17, 15) is 14.4 Å². The fraction of sp³-hybridized carbons (Fsp3) is 0.438. The zero-order valence-electron chi connectivity index (χ0n) is 12.9. The van der Waals surface area contributed by atoms with E-state index < -0.39 is 23.6 Å². The first-order valence-electron chi connectivity index (χ1n) is 6.52. The lowest BCUT2D eigenvalue weighted by Gasteiger charge is -2.19. The molecule has 0 fully saturated rings. The van der Waals surface area contributed by atoms with Crippen molar-refractivity contribution in [3.05, 3.63) is 35.4 Å². The Morgan fingerprint density at radius 1 is 0.905 bits per heavy atom. The lowest BCUT2D eigenvalue weighted by atomic mass is 9.86. The normalized spacial score (nSPS) is 11.1. The van der Waals surface area contributed by atoms with Crippen molar-refractivity contribution in [1.29, 1.82) is 0 Å². The molecule has 0 saturated carbocycles. The zero-order chi connectivity index (χ0) is 16.2. The van der Waals surface area contributed by atoms with E-state index in [0.29, 0.717) is 0 Å². The Kier molecular flexibility index (Phi) is 5.24. The van der Waals surface area contributed by atoms with Crippen molar-refractivity contribution >= 4 is 17.7 Å². The summed E-state index contributed by atoms with van der Waals surface area (Å²) in [4.78, 5) is 35.5. The number of hydrogen-bond acceptors (Lipinski definition) is 5. The van der Waals surface area contributed by atoms with Crippen molar-refractivity contribution in [2.24, 2.45) is 5.92 Å². The molecular formula is C16H20O5. The van der Waals surface area contributed by atoms with Gasteiger partial charge in [0.15, 0.2) is 5.78 Å². The minimum absolute atomic E-state index is 0.0499. The van der Waals surface area contributed by atoms with Gasteiger partial charge in [-0.15, -0.1) is 0 Å². The summed E-state index contributed by atoms with van der Waals surface area (Å²) in [5.41, 5.74) is 1.27. The molecule has 0 aliphatic heterocycles. The van der Waals surface area contributed by atoms with Gasteiger partial charge in [0.25, 0.3) is 0 Å². The number of esters is 2. The van der Waals surface area contributed by atoms with Gasteiger partial charge < -0.3 is 9.47 Å². The molecule has 1 aromatic carbocycles. The Bertz CT molecular complexity index is 521. The Hall–Kier alpha value is -2.17.